The standard InChI is InChI=1S/C11H21N/c1-4-9(2)8-11(12-3)10-6-5-7-10/h9-10H,4-8H2,1-3H3. The second kappa shape index (κ2) is 4.64. The van der Waals surface area contributed by atoms with Crippen LogP contribution in [0.2, 0.25) is 0 Å². The van der Waals surface area contributed by atoms with Gasteiger partial charge in [-0.25, -0.2) is 0 Å². The zero-order chi connectivity index (χ0) is 8.97. The molecule has 0 spiro atoms. The second-order valence-corrected chi connectivity index (χ2v) is 4.06. The Morgan fingerprint density at radius 1 is 1.50 bits per heavy atom. The van der Waals surface area contributed by atoms with Crippen LogP contribution in [-0.2, 0) is 0 Å². The monoisotopic (exact) mass is 167 g/mol. The Labute approximate surface area is 76.3 Å². The summed E-state index contributed by atoms with van der Waals surface area (Å²) in [5.41, 5.74) is 1.48. The van der Waals surface area contributed by atoms with E-state index in [1.54, 1.807) is 0 Å². The molecule has 0 aromatic carbocycles. The lowest BCUT2D eigenvalue weighted by Gasteiger charge is -2.28. The third-order valence-corrected chi connectivity index (χ3v) is 3.12. The van der Waals surface area contributed by atoms with E-state index in [-0.39, 0.29) is 0 Å². The molecule has 0 heterocycles. The van der Waals surface area contributed by atoms with E-state index in [9.17, 15) is 0 Å². The molecule has 0 aliphatic heterocycles. The molecule has 70 valence electrons. The SMILES string of the molecule is CCC(C)CC(=NC)C1CCC1. The first-order chi connectivity index (χ1) is 5.77. The van der Waals surface area contributed by atoms with E-state index in [0.717, 1.165) is 11.8 Å². The van der Waals surface area contributed by atoms with Crippen molar-refractivity contribution in [2.24, 2.45) is 16.8 Å². The predicted molar refractivity (Wildman–Crippen MR) is 54.8 cm³/mol. The van der Waals surface area contributed by atoms with Gasteiger partial charge < -0.3 is 0 Å². The lowest BCUT2D eigenvalue weighted by molar-refractivity contribution is 0.400. The first kappa shape index (κ1) is 9.76. The number of hydrogen-bond donors (Lipinski definition) is 0. The van der Waals surface area contributed by atoms with E-state index in [4.69, 9.17) is 0 Å². The fraction of sp³-hybridized carbons (Fsp3) is 0.909. The van der Waals surface area contributed by atoms with E-state index >= 15 is 0 Å². The highest BCUT2D eigenvalue weighted by molar-refractivity contribution is 5.87. The summed E-state index contributed by atoms with van der Waals surface area (Å²) in [6.07, 6.45) is 6.72. The zero-order valence-electron chi connectivity index (χ0n) is 8.64. The Hall–Kier alpha value is -0.330. The predicted octanol–water partition coefficient (Wildman–Crippen LogP) is 3.29. The van der Waals surface area contributed by atoms with Gasteiger partial charge in [-0.1, -0.05) is 26.7 Å². The molecule has 0 amide bonds. The fourth-order valence-electron chi connectivity index (χ4n) is 1.68. The molecule has 1 rings (SSSR count). The highest BCUT2D eigenvalue weighted by atomic mass is 14.7. The normalized spacial score (nSPS) is 22.1. The summed E-state index contributed by atoms with van der Waals surface area (Å²) in [5.74, 6) is 1.67. The van der Waals surface area contributed by atoms with Gasteiger partial charge in [0.2, 0.25) is 0 Å². The molecule has 1 aliphatic carbocycles. The Morgan fingerprint density at radius 2 is 2.17 bits per heavy atom. The lowest BCUT2D eigenvalue weighted by Crippen LogP contribution is -2.23. The van der Waals surface area contributed by atoms with Crippen molar-refractivity contribution in [1.82, 2.24) is 0 Å². The smallest absolute Gasteiger partial charge is 0.0276 e. The summed E-state index contributed by atoms with van der Waals surface area (Å²) >= 11 is 0. The number of nitrogens with zero attached hydrogens (tertiary/aromatic N) is 1. The van der Waals surface area contributed by atoms with Crippen molar-refractivity contribution in [2.75, 3.05) is 7.05 Å². The van der Waals surface area contributed by atoms with Gasteiger partial charge in [-0.15, -0.1) is 0 Å². The van der Waals surface area contributed by atoms with E-state index in [1.807, 2.05) is 7.05 Å². The van der Waals surface area contributed by atoms with Crippen molar-refractivity contribution < 1.29 is 0 Å². The Balaban J connectivity index is 2.35. The number of hydrogen-bond acceptors (Lipinski definition) is 1. The quantitative estimate of drug-likeness (QED) is 0.570. The summed E-state index contributed by atoms with van der Waals surface area (Å²) in [7, 11) is 1.95. The van der Waals surface area contributed by atoms with Crippen LogP contribution in [0.15, 0.2) is 4.99 Å². The maximum atomic E-state index is 4.41. The molecular formula is C11H21N. The maximum absolute atomic E-state index is 4.41. The Morgan fingerprint density at radius 3 is 2.50 bits per heavy atom. The number of aliphatic imine (C=N–C) groups is 1. The minimum absolute atomic E-state index is 0.823. The van der Waals surface area contributed by atoms with Gasteiger partial charge in [0.15, 0.2) is 0 Å². The van der Waals surface area contributed by atoms with Crippen molar-refractivity contribution in [1.29, 1.82) is 0 Å². The first-order valence-electron chi connectivity index (χ1n) is 5.23. The summed E-state index contributed by atoms with van der Waals surface area (Å²) in [6, 6.07) is 0. The number of rotatable bonds is 4. The van der Waals surface area contributed by atoms with E-state index in [2.05, 4.69) is 18.8 Å². The highest BCUT2D eigenvalue weighted by Gasteiger charge is 2.23. The second-order valence-electron chi connectivity index (χ2n) is 4.06. The van der Waals surface area contributed by atoms with Gasteiger partial charge in [0.25, 0.3) is 0 Å². The molecule has 1 nitrogen and oxygen atoms in total. The summed E-state index contributed by atoms with van der Waals surface area (Å²) in [6.45, 7) is 4.59. The van der Waals surface area contributed by atoms with Crippen molar-refractivity contribution in [3.63, 3.8) is 0 Å². The fourth-order valence-corrected chi connectivity index (χ4v) is 1.68. The van der Waals surface area contributed by atoms with Crippen molar-refractivity contribution >= 4 is 5.71 Å². The van der Waals surface area contributed by atoms with Gasteiger partial charge in [-0.05, 0) is 31.1 Å². The molecule has 1 unspecified atom stereocenters. The van der Waals surface area contributed by atoms with Crippen LogP contribution in [-0.4, -0.2) is 12.8 Å². The van der Waals surface area contributed by atoms with Crippen LogP contribution >= 0.6 is 0 Å². The molecule has 0 saturated heterocycles. The van der Waals surface area contributed by atoms with Crippen LogP contribution < -0.4 is 0 Å². The van der Waals surface area contributed by atoms with Crippen molar-refractivity contribution in [3.05, 3.63) is 0 Å². The maximum Gasteiger partial charge on any atom is 0.0276 e. The van der Waals surface area contributed by atoms with E-state index in [1.165, 1.54) is 37.8 Å². The lowest BCUT2D eigenvalue weighted by atomic mass is 9.78. The van der Waals surface area contributed by atoms with Crippen LogP contribution in [0.5, 0.6) is 0 Å². The molecule has 1 saturated carbocycles. The highest BCUT2D eigenvalue weighted by Crippen LogP contribution is 2.30. The zero-order valence-corrected chi connectivity index (χ0v) is 8.64. The average molecular weight is 167 g/mol. The summed E-state index contributed by atoms with van der Waals surface area (Å²) < 4.78 is 0. The van der Waals surface area contributed by atoms with Crippen molar-refractivity contribution in [2.45, 2.75) is 46.0 Å². The minimum Gasteiger partial charge on any atom is -0.297 e. The van der Waals surface area contributed by atoms with E-state index < -0.39 is 0 Å². The molecule has 1 aliphatic rings. The molecule has 1 fully saturated rings. The topological polar surface area (TPSA) is 12.4 Å². The molecule has 0 radical (unpaired) electrons. The van der Waals surface area contributed by atoms with Crippen LogP contribution in [0.4, 0.5) is 0 Å². The third-order valence-electron chi connectivity index (χ3n) is 3.12. The molecule has 12 heavy (non-hydrogen) atoms. The third kappa shape index (κ3) is 2.33. The Kier molecular flexibility index (Phi) is 3.77. The minimum atomic E-state index is 0.823. The van der Waals surface area contributed by atoms with Gasteiger partial charge in [-0.3, -0.25) is 4.99 Å². The first-order valence-corrected chi connectivity index (χ1v) is 5.23. The molecule has 1 atom stereocenters. The Bertz CT molecular complexity index is 156. The van der Waals surface area contributed by atoms with Gasteiger partial charge in [0, 0.05) is 12.8 Å². The van der Waals surface area contributed by atoms with Gasteiger partial charge in [-0.2, -0.15) is 0 Å². The molecular weight excluding hydrogens is 146 g/mol. The van der Waals surface area contributed by atoms with Gasteiger partial charge in [0.1, 0.15) is 0 Å². The summed E-state index contributed by atoms with van der Waals surface area (Å²) in [4.78, 5) is 4.41. The van der Waals surface area contributed by atoms with Gasteiger partial charge in [0.05, 0.1) is 0 Å². The molecule has 1 heteroatoms. The van der Waals surface area contributed by atoms with Crippen LogP contribution in [0.3, 0.4) is 0 Å². The largest absolute Gasteiger partial charge is 0.297 e. The average Bonchev–Trinajstić information content (AvgIpc) is 1.99. The molecule has 0 aromatic heterocycles. The van der Waals surface area contributed by atoms with Crippen LogP contribution in [0, 0.1) is 11.8 Å². The van der Waals surface area contributed by atoms with Crippen LogP contribution in [0.25, 0.3) is 0 Å². The van der Waals surface area contributed by atoms with Crippen LogP contribution in [0.1, 0.15) is 46.0 Å². The van der Waals surface area contributed by atoms with Crippen molar-refractivity contribution in [3.8, 4) is 0 Å². The molecule has 0 N–H and O–H groups in total. The van der Waals surface area contributed by atoms with E-state index in [0.29, 0.717) is 0 Å². The van der Waals surface area contributed by atoms with Gasteiger partial charge >= 0.3 is 0 Å². The molecule has 0 bridgehead atoms. The molecule has 0 aromatic rings. The summed E-state index contributed by atoms with van der Waals surface area (Å²) in [5, 5.41) is 0.